The van der Waals surface area contributed by atoms with E-state index in [0.29, 0.717) is 5.92 Å². The molecule has 2 nitrogen and oxygen atoms in total. The van der Waals surface area contributed by atoms with E-state index in [1.54, 1.807) is 0 Å². The largest absolute Gasteiger partial charge is 0.480 e. The Morgan fingerprint density at radius 3 is 2.44 bits per heavy atom. The van der Waals surface area contributed by atoms with Crippen LogP contribution >= 0.6 is 11.8 Å². The lowest BCUT2D eigenvalue weighted by Crippen LogP contribution is -2.17. The average Bonchev–Trinajstić information content (AvgIpc) is 2.50. The van der Waals surface area contributed by atoms with Gasteiger partial charge in [0.05, 0.1) is 0 Å². The van der Waals surface area contributed by atoms with Gasteiger partial charge in [-0.25, -0.2) is 0 Å². The summed E-state index contributed by atoms with van der Waals surface area (Å²) < 4.78 is 0. The molecule has 0 spiro atoms. The molecular formula is C6H10O2S. The second-order valence-electron chi connectivity index (χ2n) is 2.33. The minimum atomic E-state index is -0.648. The van der Waals surface area contributed by atoms with Gasteiger partial charge in [0.25, 0.3) is 0 Å². The van der Waals surface area contributed by atoms with Crippen LogP contribution in [-0.4, -0.2) is 22.6 Å². The normalized spacial score (nSPS) is 21.4. The molecule has 1 aliphatic rings. The molecule has 0 aromatic carbocycles. The van der Waals surface area contributed by atoms with Crippen LogP contribution in [0.15, 0.2) is 0 Å². The van der Waals surface area contributed by atoms with Crippen molar-refractivity contribution in [3.63, 3.8) is 0 Å². The van der Waals surface area contributed by atoms with Crippen LogP contribution in [0.25, 0.3) is 0 Å². The fourth-order valence-corrected chi connectivity index (χ4v) is 1.75. The number of carbonyl (C=O) groups is 1. The summed E-state index contributed by atoms with van der Waals surface area (Å²) in [5.74, 6) is -0.178. The van der Waals surface area contributed by atoms with Crippen LogP contribution in [0.1, 0.15) is 12.8 Å². The molecule has 1 aliphatic carbocycles. The van der Waals surface area contributed by atoms with E-state index in [-0.39, 0.29) is 5.25 Å². The molecule has 1 atom stereocenters. The summed E-state index contributed by atoms with van der Waals surface area (Å²) >= 11 is 1.45. The molecule has 3 heteroatoms. The molecule has 1 fully saturated rings. The first kappa shape index (κ1) is 6.93. The second-order valence-corrected chi connectivity index (χ2v) is 3.31. The number of aliphatic carboxylic acids is 1. The third-order valence-electron chi connectivity index (χ3n) is 1.55. The number of hydrogen-bond donors (Lipinski definition) is 1. The topological polar surface area (TPSA) is 37.3 Å². The predicted molar refractivity (Wildman–Crippen MR) is 37.7 cm³/mol. The van der Waals surface area contributed by atoms with Crippen molar-refractivity contribution in [1.82, 2.24) is 0 Å². The van der Waals surface area contributed by atoms with E-state index in [0.717, 1.165) is 12.8 Å². The minimum Gasteiger partial charge on any atom is -0.480 e. The van der Waals surface area contributed by atoms with Gasteiger partial charge in [-0.05, 0) is 25.0 Å². The highest BCUT2D eigenvalue weighted by molar-refractivity contribution is 7.99. The van der Waals surface area contributed by atoms with Crippen molar-refractivity contribution in [3.05, 3.63) is 0 Å². The van der Waals surface area contributed by atoms with E-state index in [1.807, 2.05) is 6.26 Å². The third kappa shape index (κ3) is 1.61. The van der Waals surface area contributed by atoms with Crippen LogP contribution in [0, 0.1) is 5.92 Å². The molecule has 0 saturated heterocycles. The fraction of sp³-hybridized carbons (Fsp3) is 0.833. The SMILES string of the molecule is CSC(C(=O)O)C1CC1. The van der Waals surface area contributed by atoms with Gasteiger partial charge < -0.3 is 5.11 Å². The lowest BCUT2D eigenvalue weighted by atomic mass is 10.3. The Morgan fingerprint density at radius 2 is 2.33 bits per heavy atom. The van der Waals surface area contributed by atoms with Crippen molar-refractivity contribution in [2.24, 2.45) is 5.92 Å². The second kappa shape index (κ2) is 2.60. The van der Waals surface area contributed by atoms with Crippen molar-refractivity contribution in [2.45, 2.75) is 18.1 Å². The highest BCUT2D eigenvalue weighted by Crippen LogP contribution is 2.38. The highest BCUT2D eigenvalue weighted by Gasteiger charge is 2.35. The Labute approximate surface area is 58.6 Å². The van der Waals surface area contributed by atoms with Crippen LogP contribution in [0.5, 0.6) is 0 Å². The number of carboxylic acid groups (broad SMARTS) is 1. The Balaban J connectivity index is 2.37. The van der Waals surface area contributed by atoms with Gasteiger partial charge in [0.1, 0.15) is 5.25 Å². The zero-order valence-corrected chi connectivity index (χ0v) is 6.15. The Kier molecular flexibility index (Phi) is 2.01. The molecule has 1 saturated carbocycles. The Morgan fingerprint density at radius 1 is 1.78 bits per heavy atom. The monoisotopic (exact) mass is 146 g/mol. The molecule has 0 radical (unpaired) electrons. The minimum absolute atomic E-state index is 0.134. The molecule has 0 heterocycles. The molecule has 1 N–H and O–H groups in total. The van der Waals surface area contributed by atoms with Crippen molar-refractivity contribution in [2.75, 3.05) is 6.26 Å². The molecule has 1 rings (SSSR count). The zero-order valence-electron chi connectivity index (χ0n) is 5.33. The Bertz CT molecular complexity index is 120. The summed E-state index contributed by atoms with van der Waals surface area (Å²) in [5.41, 5.74) is 0. The maximum atomic E-state index is 10.4. The molecule has 1 unspecified atom stereocenters. The fourth-order valence-electron chi connectivity index (χ4n) is 0.894. The van der Waals surface area contributed by atoms with Gasteiger partial charge in [-0.15, -0.1) is 11.8 Å². The summed E-state index contributed by atoms with van der Waals surface area (Å²) in [7, 11) is 0. The Hall–Kier alpha value is -0.180. The van der Waals surface area contributed by atoms with Gasteiger partial charge in [-0.3, -0.25) is 4.79 Å². The van der Waals surface area contributed by atoms with Crippen LogP contribution < -0.4 is 0 Å². The van der Waals surface area contributed by atoms with E-state index < -0.39 is 5.97 Å². The predicted octanol–water partition coefficient (Wildman–Crippen LogP) is 1.21. The van der Waals surface area contributed by atoms with E-state index in [4.69, 9.17) is 5.11 Å². The summed E-state index contributed by atoms with van der Waals surface area (Å²) in [4.78, 5) is 10.4. The van der Waals surface area contributed by atoms with Gasteiger partial charge in [0.15, 0.2) is 0 Å². The van der Waals surface area contributed by atoms with Gasteiger partial charge in [0.2, 0.25) is 0 Å². The van der Waals surface area contributed by atoms with Gasteiger partial charge in [-0.1, -0.05) is 0 Å². The van der Waals surface area contributed by atoms with E-state index >= 15 is 0 Å². The molecule has 0 aromatic heterocycles. The highest BCUT2D eigenvalue weighted by atomic mass is 32.2. The molecule has 52 valence electrons. The smallest absolute Gasteiger partial charge is 0.316 e. The average molecular weight is 146 g/mol. The zero-order chi connectivity index (χ0) is 6.85. The van der Waals surface area contributed by atoms with Crippen molar-refractivity contribution in [3.8, 4) is 0 Å². The molecule has 9 heavy (non-hydrogen) atoms. The van der Waals surface area contributed by atoms with Crippen LogP contribution in [0.4, 0.5) is 0 Å². The van der Waals surface area contributed by atoms with Crippen LogP contribution in [0.2, 0.25) is 0 Å². The van der Waals surface area contributed by atoms with Crippen molar-refractivity contribution >= 4 is 17.7 Å². The molecule has 0 aliphatic heterocycles. The number of thioether (sulfide) groups is 1. The van der Waals surface area contributed by atoms with Gasteiger partial charge in [0, 0.05) is 0 Å². The third-order valence-corrected chi connectivity index (χ3v) is 2.64. The molecule has 0 amide bonds. The van der Waals surface area contributed by atoms with Crippen LogP contribution in [-0.2, 0) is 4.79 Å². The summed E-state index contributed by atoms with van der Waals surface area (Å²) in [6, 6.07) is 0. The van der Waals surface area contributed by atoms with Gasteiger partial charge >= 0.3 is 5.97 Å². The van der Waals surface area contributed by atoms with Crippen molar-refractivity contribution < 1.29 is 9.90 Å². The first-order valence-corrected chi connectivity index (χ1v) is 4.30. The summed E-state index contributed by atoms with van der Waals surface area (Å²) in [6.07, 6.45) is 4.08. The van der Waals surface area contributed by atoms with E-state index in [2.05, 4.69) is 0 Å². The quantitative estimate of drug-likeness (QED) is 0.650. The molecular weight excluding hydrogens is 136 g/mol. The lowest BCUT2D eigenvalue weighted by Gasteiger charge is -2.04. The maximum absolute atomic E-state index is 10.4. The van der Waals surface area contributed by atoms with Gasteiger partial charge in [-0.2, -0.15) is 0 Å². The first-order chi connectivity index (χ1) is 4.25. The number of carboxylic acids is 1. The first-order valence-electron chi connectivity index (χ1n) is 3.01. The maximum Gasteiger partial charge on any atom is 0.316 e. The van der Waals surface area contributed by atoms with E-state index in [1.165, 1.54) is 11.8 Å². The van der Waals surface area contributed by atoms with Crippen LogP contribution in [0.3, 0.4) is 0 Å². The molecule has 0 aromatic rings. The standard InChI is InChI=1S/C6H10O2S/c1-9-5(6(7)8)4-2-3-4/h4-5H,2-3H2,1H3,(H,7,8). The summed E-state index contributed by atoms with van der Waals surface area (Å²) in [5, 5.41) is 8.43. The summed E-state index contributed by atoms with van der Waals surface area (Å²) in [6.45, 7) is 0. The number of hydrogen-bond acceptors (Lipinski definition) is 2. The molecule has 0 bridgehead atoms. The van der Waals surface area contributed by atoms with Crippen molar-refractivity contribution in [1.29, 1.82) is 0 Å². The lowest BCUT2D eigenvalue weighted by molar-refractivity contribution is -0.136. The number of rotatable bonds is 3. The van der Waals surface area contributed by atoms with E-state index in [9.17, 15) is 4.79 Å².